The summed E-state index contributed by atoms with van der Waals surface area (Å²) < 4.78 is 12.9. The lowest BCUT2D eigenvalue weighted by Gasteiger charge is -2.14. The lowest BCUT2D eigenvalue weighted by molar-refractivity contribution is -0.130. The van der Waals surface area contributed by atoms with Crippen LogP contribution in [0, 0.1) is 5.82 Å². The van der Waals surface area contributed by atoms with Crippen LogP contribution in [0.5, 0.6) is 0 Å². The average Bonchev–Trinajstić information content (AvgIpc) is 2.16. The summed E-state index contributed by atoms with van der Waals surface area (Å²) in [6.45, 7) is 0. The van der Waals surface area contributed by atoms with Crippen molar-refractivity contribution in [2.45, 2.75) is 12.8 Å². The van der Waals surface area contributed by atoms with Gasteiger partial charge in [0.25, 0.3) is 0 Å². The topological polar surface area (TPSA) is 37.3 Å². The Labute approximate surface area is 80.7 Å². The van der Waals surface area contributed by atoms with Crippen molar-refractivity contribution in [1.29, 1.82) is 0 Å². The minimum atomic E-state index is -0.989. The van der Waals surface area contributed by atoms with E-state index < -0.39 is 11.8 Å². The Kier molecular flexibility index (Phi) is 2.08. The molecule has 1 N–H and O–H groups in total. The Hall–Kier alpha value is -1.64. The summed E-state index contributed by atoms with van der Waals surface area (Å²) >= 11 is 0. The van der Waals surface area contributed by atoms with Crippen LogP contribution in [0.2, 0.25) is 0 Å². The molecule has 0 aromatic heterocycles. The minimum Gasteiger partial charge on any atom is -0.478 e. The van der Waals surface area contributed by atoms with Crippen molar-refractivity contribution >= 4 is 11.5 Å². The van der Waals surface area contributed by atoms with E-state index in [-0.39, 0.29) is 5.57 Å². The minimum absolute atomic E-state index is 0.214. The number of benzene rings is 1. The van der Waals surface area contributed by atoms with Crippen molar-refractivity contribution in [2.24, 2.45) is 0 Å². The zero-order valence-electron chi connectivity index (χ0n) is 7.46. The van der Waals surface area contributed by atoms with Crippen LogP contribution in [0.15, 0.2) is 24.3 Å². The molecule has 1 aromatic rings. The van der Waals surface area contributed by atoms with Crippen molar-refractivity contribution in [1.82, 2.24) is 0 Å². The van der Waals surface area contributed by atoms with E-state index in [4.69, 9.17) is 5.11 Å². The first-order chi connectivity index (χ1) is 6.68. The van der Waals surface area contributed by atoms with E-state index in [9.17, 15) is 9.18 Å². The van der Waals surface area contributed by atoms with Gasteiger partial charge in [0, 0.05) is 0 Å². The van der Waals surface area contributed by atoms with Gasteiger partial charge in [0.1, 0.15) is 5.82 Å². The summed E-state index contributed by atoms with van der Waals surface area (Å²) in [5.41, 5.74) is 1.64. The Morgan fingerprint density at radius 3 is 2.93 bits per heavy atom. The van der Waals surface area contributed by atoms with Gasteiger partial charge in [-0.2, -0.15) is 0 Å². The first-order valence-electron chi connectivity index (χ1n) is 4.41. The molecule has 1 aromatic carbocycles. The van der Waals surface area contributed by atoms with Gasteiger partial charge in [-0.3, -0.25) is 0 Å². The smallest absolute Gasteiger partial charge is 0.335 e. The van der Waals surface area contributed by atoms with Gasteiger partial charge in [0.05, 0.1) is 5.57 Å². The Morgan fingerprint density at radius 1 is 1.43 bits per heavy atom. The number of rotatable bonds is 1. The maximum atomic E-state index is 12.9. The van der Waals surface area contributed by atoms with Crippen LogP contribution in [-0.4, -0.2) is 11.1 Å². The molecule has 0 atom stereocenters. The fourth-order valence-corrected chi connectivity index (χ4v) is 1.70. The molecule has 3 heteroatoms. The van der Waals surface area contributed by atoms with Crippen molar-refractivity contribution in [3.05, 3.63) is 41.2 Å². The van der Waals surface area contributed by atoms with E-state index >= 15 is 0 Å². The molecule has 1 aliphatic carbocycles. The third-order valence-corrected chi connectivity index (χ3v) is 2.35. The molecule has 72 valence electrons. The van der Waals surface area contributed by atoms with Gasteiger partial charge < -0.3 is 5.11 Å². The third kappa shape index (κ3) is 1.41. The first-order valence-corrected chi connectivity index (χ1v) is 4.41. The lowest BCUT2D eigenvalue weighted by atomic mass is 9.91. The van der Waals surface area contributed by atoms with Crippen molar-refractivity contribution in [3.63, 3.8) is 0 Å². The van der Waals surface area contributed by atoms with E-state index in [0.29, 0.717) is 12.0 Å². The SMILES string of the molecule is O=C(O)C1=CCCc2ccc(F)cc21. The van der Waals surface area contributed by atoms with Crippen LogP contribution in [0.3, 0.4) is 0 Å². The molecule has 2 rings (SSSR count). The molecule has 0 saturated heterocycles. The number of carboxylic acids is 1. The largest absolute Gasteiger partial charge is 0.478 e. The Balaban J connectivity index is 2.56. The number of hydrogen-bond acceptors (Lipinski definition) is 1. The number of halogens is 1. The molecular formula is C11H9FO2. The number of aliphatic carboxylic acids is 1. The summed E-state index contributed by atoms with van der Waals surface area (Å²) in [4.78, 5) is 10.8. The molecule has 0 unspecified atom stereocenters. The average molecular weight is 192 g/mol. The molecule has 0 saturated carbocycles. The highest BCUT2D eigenvalue weighted by Crippen LogP contribution is 2.27. The molecule has 1 aliphatic rings. The maximum absolute atomic E-state index is 12.9. The number of aryl methyl sites for hydroxylation is 1. The number of carboxylic acid groups (broad SMARTS) is 1. The number of hydrogen-bond donors (Lipinski definition) is 1. The van der Waals surface area contributed by atoms with Crippen molar-refractivity contribution < 1.29 is 14.3 Å². The molecule has 0 fully saturated rings. The maximum Gasteiger partial charge on any atom is 0.335 e. The number of carbonyl (C=O) groups is 1. The summed E-state index contributed by atoms with van der Waals surface area (Å²) in [7, 11) is 0. The Morgan fingerprint density at radius 2 is 2.21 bits per heavy atom. The van der Waals surface area contributed by atoms with E-state index in [2.05, 4.69) is 0 Å². The van der Waals surface area contributed by atoms with E-state index in [1.807, 2.05) is 0 Å². The van der Waals surface area contributed by atoms with Crippen molar-refractivity contribution in [2.75, 3.05) is 0 Å². The fourth-order valence-electron chi connectivity index (χ4n) is 1.70. The van der Waals surface area contributed by atoms with Crippen LogP contribution in [-0.2, 0) is 11.2 Å². The van der Waals surface area contributed by atoms with E-state index in [1.54, 1.807) is 12.1 Å². The van der Waals surface area contributed by atoms with Crippen LogP contribution >= 0.6 is 0 Å². The molecular weight excluding hydrogens is 183 g/mol. The Bertz CT molecular complexity index is 421. The zero-order chi connectivity index (χ0) is 10.1. The predicted molar refractivity (Wildman–Crippen MR) is 50.3 cm³/mol. The highest BCUT2D eigenvalue weighted by atomic mass is 19.1. The molecule has 0 spiro atoms. The van der Waals surface area contributed by atoms with Gasteiger partial charge in [-0.1, -0.05) is 12.1 Å². The predicted octanol–water partition coefficient (Wildman–Crippen LogP) is 2.24. The van der Waals surface area contributed by atoms with Gasteiger partial charge in [-0.05, 0) is 36.1 Å². The highest BCUT2D eigenvalue weighted by molar-refractivity contribution is 6.16. The molecule has 0 amide bonds. The van der Waals surface area contributed by atoms with Gasteiger partial charge in [-0.15, -0.1) is 0 Å². The second-order valence-electron chi connectivity index (χ2n) is 3.26. The normalized spacial score (nSPS) is 14.5. The fraction of sp³-hybridized carbons (Fsp3) is 0.182. The third-order valence-electron chi connectivity index (χ3n) is 2.35. The lowest BCUT2D eigenvalue weighted by Crippen LogP contribution is -2.07. The zero-order valence-corrected chi connectivity index (χ0v) is 7.46. The molecule has 2 nitrogen and oxygen atoms in total. The monoisotopic (exact) mass is 192 g/mol. The molecule has 0 radical (unpaired) electrons. The van der Waals surface area contributed by atoms with Crippen LogP contribution in [0.25, 0.3) is 5.57 Å². The number of fused-ring (bicyclic) bond motifs is 1. The van der Waals surface area contributed by atoms with E-state index in [0.717, 1.165) is 12.0 Å². The molecule has 0 aliphatic heterocycles. The van der Waals surface area contributed by atoms with Crippen LogP contribution in [0.4, 0.5) is 4.39 Å². The van der Waals surface area contributed by atoms with Gasteiger partial charge in [0.15, 0.2) is 0 Å². The molecule has 14 heavy (non-hydrogen) atoms. The first kappa shape index (κ1) is 8.94. The molecule has 0 heterocycles. The summed E-state index contributed by atoms with van der Waals surface area (Å²) in [5, 5.41) is 8.89. The van der Waals surface area contributed by atoms with Crippen LogP contribution in [0.1, 0.15) is 17.5 Å². The number of allylic oxidation sites excluding steroid dienone is 1. The standard InChI is InChI=1S/C11H9FO2/c12-8-5-4-7-2-1-3-9(11(13)14)10(7)6-8/h3-6H,1-2H2,(H,13,14). The molecule has 0 bridgehead atoms. The van der Waals surface area contributed by atoms with Gasteiger partial charge >= 0.3 is 5.97 Å². The summed E-state index contributed by atoms with van der Waals surface area (Å²) in [6.07, 6.45) is 3.14. The van der Waals surface area contributed by atoms with Gasteiger partial charge in [-0.25, -0.2) is 9.18 Å². The highest BCUT2D eigenvalue weighted by Gasteiger charge is 2.18. The van der Waals surface area contributed by atoms with Crippen molar-refractivity contribution in [3.8, 4) is 0 Å². The van der Waals surface area contributed by atoms with Crippen LogP contribution < -0.4 is 0 Å². The quantitative estimate of drug-likeness (QED) is 0.740. The summed E-state index contributed by atoms with van der Waals surface area (Å²) in [6, 6.07) is 4.30. The van der Waals surface area contributed by atoms with Gasteiger partial charge in [0.2, 0.25) is 0 Å². The summed E-state index contributed by atoms with van der Waals surface area (Å²) in [5.74, 6) is -1.38. The second kappa shape index (κ2) is 3.25. The van der Waals surface area contributed by atoms with E-state index in [1.165, 1.54) is 12.1 Å². The second-order valence-corrected chi connectivity index (χ2v) is 3.26.